The van der Waals surface area contributed by atoms with Crippen molar-refractivity contribution in [2.75, 3.05) is 0 Å². The van der Waals surface area contributed by atoms with Gasteiger partial charge in [-0.3, -0.25) is 9.36 Å². The Bertz CT molecular complexity index is 765. The fourth-order valence-electron chi connectivity index (χ4n) is 3.30. The molecule has 1 aromatic heterocycles. The fourth-order valence-corrected chi connectivity index (χ4v) is 4.22. The second-order valence-electron chi connectivity index (χ2n) is 6.76. The number of carboxylic acid groups (broad SMARTS) is 1. The molecule has 1 aromatic carbocycles. The highest BCUT2D eigenvalue weighted by molar-refractivity contribution is 8.01. The van der Waals surface area contributed by atoms with Crippen LogP contribution in [0.3, 0.4) is 0 Å². The van der Waals surface area contributed by atoms with Crippen LogP contribution in [0.1, 0.15) is 50.3 Å². The molecule has 1 aliphatic rings. The summed E-state index contributed by atoms with van der Waals surface area (Å²) in [6, 6.07) is 4.39. The van der Waals surface area contributed by atoms with Gasteiger partial charge >= 0.3 is 5.97 Å². The minimum absolute atomic E-state index is 0.736. The van der Waals surface area contributed by atoms with Gasteiger partial charge in [0.05, 0.1) is 5.69 Å². The van der Waals surface area contributed by atoms with Crippen LogP contribution >= 0.6 is 11.8 Å². The van der Waals surface area contributed by atoms with Gasteiger partial charge in [0.25, 0.3) is 0 Å². The van der Waals surface area contributed by atoms with Crippen LogP contribution < -0.4 is 0 Å². The van der Waals surface area contributed by atoms with Crippen LogP contribution in [0.5, 0.6) is 0 Å². The van der Waals surface area contributed by atoms with Crippen LogP contribution in [0.2, 0.25) is 0 Å². The first-order chi connectivity index (χ1) is 11.4. The molecule has 0 radical (unpaired) electrons. The highest BCUT2D eigenvalue weighted by Crippen LogP contribution is 2.36. The molecule has 0 atom stereocenters. The zero-order valence-corrected chi connectivity index (χ0v) is 15.3. The molecule has 0 saturated heterocycles. The lowest BCUT2D eigenvalue weighted by Crippen LogP contribution is -2.27. The van der Waals surface area contributed by atoms with Crippen molar-refractivity contribution in [3.63, 3.8) is 0 Å². The Kier molecular flexibility index (Phi) is 4.72. The van der Waals surface area contributed by atoms with Crippen LogP contribution in [0.4, 0.5) is 0 Å². The highest BCUT2D eigenvalue weighted by Gasteiger charge is 2.31. The predicted molar refractivity (Wildman–Crippen MR) is 97.2 cm³/mol. The number of aryl methyl sites for hydroxylation is 1. The predicted octanol–water partition coefficient (Wildman–Crippen LogP) is 4.27. The zero-order valence-electron chi connectivity index (χ0n) is 14.5. The van der Waals surface area contributed by atoms with Crippen molar-refractivity contribution < 1.29 is 9.90 Å². The normalized spacial score (nSPS) is 14.5. The molecule has 1 heterocycles. The molecule has 5 heteroatoms. The quantitative estimate of drug-likeness (QED) is 0.823. The molecule has 24 heavy (non-hydrogen) atoms. The van der Waals surface area contributed by atoms with E-state index in [1.807, 2.05) is 6.20 Å². The van der Waals surface area contributed by atoms with E-state index in [1.54, 1.807) is 20.0 Å². The third-order valence-corrected chi connectivity index (χ3v) is 5.89. The topological polar surface area (TPSA) is 55.1 Å². The van der Waals surface area contributed by atoms with Crippen molar-refractivity contribution in [1.29, 1.82) is 0 Å². The van der Waals surface area contributed by atoms with E-state index in [9.17, 15) is 9.90 Å². The minimum atomic E-state index is -0.910. The van der Waals surface area contributed by atoms with Crippen LogP contribution in [0.25, 0.3) is 5.69 Å². The van der Waals surface area contributed by atoms with E-state index in [2.05, 4.69) is 28.6 Å². The molecule has 0 bridgehead atoms. The lowest BCUT2D eigenvalue weighted by Gasteiger charge is -2.24. The summed E-state index contributed by atoms with van der Waals surface area (Å²) in [4.78, 5) is 15.9. The van der Waals surface area contributed by atoms with Gasteiger partial charge in [-0.25, -0.2) is 4.98 Å². The van der Waals surface area contributed by atoms with Gasteiger partial charge < -0.3 is 5.11 Å². The Morgan fingerprint density at radius 1 is 1.29 bits per heavy atom. The summed E-state index contributed by atoms with van der Waals surface area (Å²) in [7, 11) is 0. The van der Waals surface area contributed by atoms with Gasteiger partial charge in [0, 0.05) is 12.4 Å². The van der Waals surface area contributed by atoms with E-state index < -0.39 is 10.7 Å². The van der Waals surface area contributed by atoms with E-state index in [0.717, 1.165) is 30.1 Å². The second-order valence-corrected chi connectivity index (χ2v) is 8.35. The number of carboxylic acids is 1. The van der Waals surface area contributed by atoms with Crippen molar-refractivity contribution in [1.82, 2.24) is 9.55 Å². The van der Waals surface area contributed by atoms with Gasteiger partial charge in [-0.2, -0.15) is 0 Å². The molecular formula is C19H24N2O2S. The van der Waals surface area contributed by atoms with E-state index in [4.69, 9.17) is 0 Å². The summed E-state index contributed by atoms with van der Waals surface area (Å²) in [5.41, 5.74) is 5.49. The van der Waals surface area contributed by atoms with Gasteiger partial charge in [0.15, 0.2) is 5.16 Å². The van der Waals surface area contributed by atoms with Gasteiger partial charge in [-0.05, 0) is 68.7 Å². The highest BCUT2D eigenvalue weighted by atomic mass is 32.2. The lowest BCUT2D eigenvalue weighted by molar-refractivity contribution is -0.138. The Morgan fingerprint density at radius 2 is 2.00 bits per heavy atom. The molecule has 0 spiro atoms. The lowest BCUT2D eigenvalue weighted by atomic mass is 9.86. The Morgan fingerprint density at radius 3 is 2.67 bits per heavy atom. The van der Waals surface area contributed by atoms with Crippen LogP contribution in [0, 0.1) is 0 Å². The molecule has 2 aromatic rings. The van der Waals surface area contributed by atoms with Crippen molar-refractivity contribution in [3.8, 4) is 5.69 Å². The first-order valence-electron chi connectivity index (χ1n) is 8.53. The molecule has 3 rings (SSSR count). The third kappa shape index (κ3) is 3.09. The van der Waals surface area contributed by atoms with E-state index in [-0.39, 0.29) is 0 Å². The number of thioether (sulfide) groups is 1. The monoisotopic (exact) mass is 344 g/mol. The van der Waals surface area contributed by atoms with Crippen molar-refractivity contribution in [2.45, 2.75) is 62.8 Å². The maximum atomic E-state index is 11.5. The van der Waals surface area contributed by atoms with Crippen LogP contribution in [-0.4, -0.2) is 25.4 Å². The first-order valence-corrected chi connectivity index (χ1v) is 9.35. The molecular weight excluding hydrogens is 320 g/mol. The average Bonchev–Trinajstić information content (AvgIpc) is 3.00. The van der Waals surface area contributed by atoms with E-state index in [0.29, 0.717) is 0 Å². The summed E-state index contributed by atoms with van der Waals surface area (Å²) in [5.74, 6) is -0.828. The van der Waals surface area contributed by atoms with Crippen molar-refractivity contribution in [2.24, 2.45) is 0 Å². The van der Waals surface area contributed by atoms with Crippen molar-refractivity contribution in [3.05, 3.63) is 41.2 Å². The fraction of sp³-hybridized carbons (Fsp3) is 0.474. The first kappa shape index (κ1) is 17.1. The number of aromatic nitrogens is 2. The van der Waals surface area contributed by atoms with E-state index in [1.165, 1.54) is 41.3 Å². The number of rotatable bonds is 5. The number of imidazole rings is 1. The molecule has 0 aliphatic heterocycles. The van der Waals surface area contributed by atoms with Gasteiger partial charge in [0.1, 0.15) is 4.75 Å². The van der Waals surface area contributed by atoms with Crippen molar-refractivity contribution >= 4 is 17.7 Å². The number of hydrogen-bond donors (Lipinski definition) is 1. The smallest absolute Gasteiger partial charge is 0.319 e. The minimum Gasteiger partial charge on any atom is -0.480 e. The van der Waals surface area contributed by atoms with E-state index >= 15 is 0 Å². The molecule has 1 aliphatic carbocycles. The zero-order chi connectivity index (χ0) is 17.3. The molecule has 0 unspecified atom stereocenters. The number of hydrogen-bond acceptors (Lipinski definition) is 3. The number of nitrogens with zero attached hydrogens (tertiary/aromatic N) is 2. The summed E-state index contributed by atoms with van der Waals surface area (Å²) in [6.07, 6.45) is 9.44. The number of carbonyl (C=O) groups is 1. The molecule has 4 nitrogen and oxygen atoms in total. The molecule has 128 valence electrons. The maximum absolute atomic E-state index is 11.5. The molecule has 0 amide bonds. The van der Waals surface area contributed by atoms with Gasteiger partial charge in [-0.1, -0.05) is 24.8 Å². The Hall–Kier alpha value is -1.75. The standard InChI is InChI=1S/C19H24N2O2S/c1-4-13-9-10-16(15-8-6-5-7-14(13)15)21-12-11-20-18(21)24-19(2,3)17(22)23/h9-12H,4-8H2,1-3H3,(H,22,23). The van der Waals surface area contributed by atoms with Crippen LogP contribution in [-0.2, 0) is 24.1 Å². The maximum Gasteiger partial charge on any atom is 0.319 e. The largest absolute Gasteiger partial charge is 0.480 e. The summed E-state index contributed by atoms with van der Waals surface area (Å²) >= 11 is 1.30. The Labute approximate surface area is 147 Å². The summed E-state index contributed by atoms with van der Waals surface area (Å²) in [5, 5.41) is 10.1. The number of aliphatic carboxylic acids is 1. The summed E-state index contributed by atoms with van der Waals surface area (Å²) in [6.45, 7) is 5.64. The van der Waals surface area contributed by atoms with Gasteiger partial charge in [0.2, 0.25) is 0 Å². The number of fused-ring (bicyclic) bond motifs is 1. The summed E-state index contributed by atoms with van der Waals surface area (Å²) < 4.78 is 1.14. The Balaban J connectivity index is 2.05. The molecule has 0 saturated carbocycles. The third-order valence-electron chi connectivity index (χ3n) is 4.72. The SMILES string of the molecule is CCc1ccc(-n2ccnc2SC(C)(C)C(=O)O)c2c1CCCC2. The van der Waals surface area contributed by atoms with Gasteiger partial charge in [-0.15, -0.1) is 0 Å². The number of benzene rings is 1. The molecule has 0 fully saturated rings. The second kappa shape index (κ2) is 6.63. The van der Waals surface area contributed by atoms with Crippen LogP contribution in [0.15, 0.2) is 29.7 Å². The average molecular weight is 344 g/mol. The molecule has 1 N–H and O–H groups in total.